The summed E-state index contributed by atoms with van der Waals surface area (Å²) in [5, 5.41) is 4.05. The molecule has 0 aromatic heterocycles. The fourth-order valence-corrected chi connectivity index (χ4v) is 3.53. The van der Waals surface area contributed by atoms with Gasteiger partial charge >= 0.3 is 0 Å². The van der Waals surface area contributed by atoms with Crippen LogP contribution in [0.15, 0.2) is 24.3 Å². The van der Waals surface area contributed by atoms with Gasteiger partial charge in [0.05, 0.1) is 7.11 Å². The van der Waals surface area contributed by atoms with E-state index < -0.39 is 0 Å². The van der Waals surface area contributed by atoms with Gasteiger partial charge in [0.1, 0.15) is 5.75 Å². The maximum atomic E-state index is 12.2. The second-order valence-electron chi connectivity index (χ2n) is 5.61. The standard InChI is InChI=1S/C16H22BrNO2/c1-20-14-7-5-13(6-8-14)15(19)18-12-16(11-17)9-3-2-4-10-16/h5-8H,2-4,9-12H2,1H3,(H,18,19). The average molecular weight is 340 g/mol. The molecule has 0 radical (unpaired) electrons. The van der Waals surface area contributed by atoms with E-state index in [0.29, 0.717) is 5.56 Å². The van der Waals surface area contributed by atoms with E-state index in [1.54, 1.807) is 19.2 Å². The van der Waals surface area contributed by atoms with Crippen LogP contribution in [0.4, 0.5) is 0 Å². The van der Waals surface area contributed by atoms with E-state index in [9.17, 15) is 4.79 Å². The number of benzene rings is 1. The topological polar surface area (TPSA) is 38.3 Å². The van der Waals surface area contributed by atoms with Gasteiger partial charge in [-0.1, -0.05) is 35.2 Å². The number of halogens is 1. The van der Waals surface area contributed by atoms with Gasteiger partial charge in [0.2, 0.25) is 0 Å². The first-order valence-electron chi connectivity index (χ1n) is 7.17. The average Bonchev–Trinajstić information content (AvgIpc) is 2.53. The lowest BCUT2D eigenvalue weighted by molar-refractivity contribution is 0.0922. The van der Waals surface area contributed by atoms with Crippen molar-refractivity contribution in [3.05, 3.63) is 29.8 Å². The van der Waals surface area contributed by atoms with Crippen LogP contribution < -0.4 is 10.1 Å². The Labute approximate surface area is 129 Å². The van der Waals surface area contributed by atoms with E-state index in [1.165, 1.54) is 32.1 Å². The van der Waals surface area contributed by atoms with E-state index >= 15 is 0 Å². The highest BCUT2D eigenvalue weighted by Gasteiger charge is 2.31. The van der Waals surface area contributed by atoms with Crippen LogP contribution in [0.5, 0.6) is 5.75 Å². The fraction of sp³-hybridized carbons (Fsp3) is 0.562. The number of methoxy groups -OCH3 is 1. The monoisotopic (exact) mass is 339 g/mol. The predicted molar refractivity (Wildman–Crippen MR) is 84.6 cm³/mol. The maximum absolute atomic E-state index is 12.2. The van der Waals surface area contributed by atoms with Crippen LogP contribution in [0.1, 0.15) is 42.5 Å². The van der Waals surface area contributed by atoms with Crippen molar-refractivity contribution in [2.24, 2.45) is 5.41 Å². The van der Waals surface area contributed by atoms with Crippen LogP contribution in [0, 0.1) is 5.41 Å². The van der Waals surface area contributed by atoms with E-state index in [4.69, 9.17) is 4.74 Å². The number of carbonyl (C=O) groups is 1. The number of hydrogen-bond donors (Lipinski definition) is 1. The number of carbonyl (C=O) groups excluding carboxylic acids is 1. The molecule has 3 nitrogen and oxygen atoms in total. The predicted octanol–water partition coefficient (Wildman–Crippen LogP) is 3.77. The summed E-state index contributed by atoms with van der Waals surface area (Å²) in [4.78, 5) is 12.2. The number of hydrogen-bond acceptors (Lipinski definition) is 2. The van der Waals surface area contributed by atoms with Crippen molar-refractivity contribution in [1.82, 2.24) is 5.32 Å². The number of alkyl halides is 1. The third-order valence-electron chi connectivity index (χ3n) is 4.17. The first-order valence-corrected chi connectivity index (χ1v) is 8.29. The van der Waals surface area contributed by atoms with Crippen molar-refractivity contribution in [3.63, 3.8) is 0 Å². The van der Waals surface area contributed by atoms with E-state index in [2.05, 4.69) is 21.2 Å². The lowest BCUT2D eigenvalue weighted by Gasteiger charge is -2.35. The maximum Gasteiger partial charge on any atom is 0.251 e. The molecule has 0 unspecified atom stereocenters. The SMILES string of the molecule is COc1ccc(C(=O)NCC2(CBr)CCCCC2)cc1. The minimum atomic E-state index is -0.00134. The Bertz CT molecular complexity index is 438. The van der Waals surface area contributed by atoms with Gasteiger partial charge in [-0.15, -0.1) is 0 Å². The Morgan fingerprint density at radius 3 is 2.45 bits per heavy atom. The Morgan fingerprint density at radius 2 is 1.90 bits per heavy atom. The molecule has 110 valence electrons. The van der Waals surface area contributed by atoms with Crippen LogP contribution in [-0.2, 0) is 0 Å². The molecule has 2 rings (SSSR count). The molecule has 1 aromatic rings. The normalized spacial score (nSPS) is 17.5. The summed E-state index contributed by atoms with van der Waals surface area (Å²) >= 11 is 3.63. The third kappa shape index (κ3) is 3.75. The van der Waals surface area contributed by atoms with Crippen molar-refractivity contribution in [3.8, 4) is 5.75 Å². The highest BCUT2D eigenvalue weighted by molar-refractivity contribution is 9.09. The van der Waals surface area contributed by atoms with Gasteiger partial charge in [0.15, 0.2) is 0 Å². The number of nitrogens with one attached hydrogen (secondary N) is 1. The molecule has 1 amide bonds. The molecule has 1 fully saturated rings. The summed E-state index contributed by atoms with van der Waals surface area (Å²) in [6.45, 7) is 0.753. The van der Waals surface area contributed by atoms with Crippen LogP contribution in [0.3, 0.4) is 0 Å². The second-order valence-corrected chi connectivity index (χ2v) is 6.17. The van der Waals surface area contributed by atoms with E-state index in [0.717, 1.165) is 17.6 Å². The smallest absolute Gasteiger partial charge is 0.251 e. The van der Waals surface area contributed by atoms with Crippen molar-refractivity contribution >= 4 is 21.8 Å². The van der Waals surface area contributed by atoms with E-state index in [1.807, 2.05) is 12.1 Å². The van der Waals surface area contributed by atoms with Crippen LogP contribution in [0.25, 0.3) is 0 Å². The van der Waals surface area contributed by atoms with Gasteiger partial charge in [-0.2, -0.15) is 0 Å². The van der Waals surface area contributed by atoms with Gasteiger partial charge in [-0.3, -0.25) is 4.79 Å². The summed E-state index contributed by atoms with van der Waals surface area (Å²) < 4.78 is 5.10. The van der Waals surface area contributed by atoms with Crippen LogP contribution >= 0.6 is 15.9 Å². The van der Waals surface area contributed by atoms with Crippen LogP contribution in [-0.4, -0.2) is 24.9 Å². The number of amides is 1. The molecule has 0 heterocycles. The van der Waals surface area contributed by atoms with Gasteiger partial charge in [0, 0.05) is 17.4 Å². The van der Waals surface area contributed by atoms with Crippen LogP contribution in [0.2, 0.25) is 0 Å². The summed E-state index contributed by atoms with van der Waals surface area (Å²) in [5.41, 5.74) is 0.923. The fourth-order valence-electron chi connectivity index (χ4n) is 2.77. The molecule has 0 bridgehead atoms. The molecule has 1 saturated carbocycles. The summed E-state index contributed by atoms with van der Waals surface area (Å²) in [7, 11) is 1.62. The molecular weight excluding hydrogens is 318 g/mol. The molecular formula is C16H22BrNO2. The Hall–Kier alpha value is -1.03. The van der Waals surface area contributed by atoms with E-state index in [-0.39, 0.29) is 11.3 Å². The first-order chi connectivity index (χ1) is 9.69. The summed E-state index contributed by atoms with van der Waals surface area (Å²) in [5.74, 6) is 0.768. The molecule has 1 aliphatic carbocycles. The molecule has 4 heteroatoms. The van der Waals surface area contributed by atoms with Crippen molar-refractivity contribution < 1.29 is 9.53 Å². The minimum absolute atomic E-state index is 0.00134. The molecule has 20 heavy (non-hydrogen) atoms. The molecule has 0 aliphatic heterocycles. The Balaban J connectivity index is 1.93. The summed E-state index contributed by atoms with van der Waals surface area (Å²) in [6, 6.07) is 7.23. The number of ether oxygens (including phenoxy) is 1. The van der Waals surface area contributed by atoms with Gasteiger partial charge < -0.3 is 10.1 Å². The second kappa shape index (κ2) is 7.11. The van der Waals surface area contributed by atoms with Gasteiger partial charge in [-0.05, 0) is 42.5 Å². The zero-order chi connectivity index (χ0) is 14.4. The first kappa shape index (κ1) is 15.4. The largest absolute Gasteiger partial charge is 0.497 e. The lowest BCUT2D eigenvalue weighted by Crippen LogP contribution is -2.40. The Morgan fingerprint density at radius 1 is 1.25 bits per heavy atom. The molecule has 1 aromatic carbocycles. The van der Waals surface area contributed by atoms with Crippen molar-refractivity contribution in [2.75, 3.05) is 19.0 Å². The lowest BCUT2D eigenvalue weighted by atomic mass is 9.75. The quantitative estimate of drug-likeness (QED) is 0.829. The molecule has 0 saturated heterocycles. The molecule has 1 N–H and O–H groups in total. The number of rotatable bonds is 5. The van der Waals surface area contributed by atoms with Gasteiger partial charge in [-0.25, -0.2) is 0 Å². The summed E-state index contributed by atoms with van der Waals surface area (Å²) in [6.07, 6.45) is 6.25. The highest BCUT2D eigenvalue weighted by Crippen LogP contribution is 2.37. The minimum Gasteiger partial charge on any atom is -0.497 e. The van der Waals surface area contributed by atoms with Gasteiger partial charge in [0.25, 0.3) is 5.91 Å². The zero-order valence-corrected chi connectivity index (χ0v) is 13.5. The third-order valence-corrected chi connectivity index (χ3v) is 5.36. The molecule has 1 aliphatic rings. The zero-order valence-electron chi connectivity index (χ0n) is 12.0. The highest BCUT2D eigenvalue weighted by atomic mass is 79.9. The molecule has 0 atom stereocenters. The Kier molecular flexibility index (Phi) is 5.46. The van der Waals surface area contributed by atoms with Crippen molar-refractivity contribution in [1.29, 1.82) is 0 Å². The molecule has 0 spiro atoms. The van der Waals surface area contributed by atoms with Crippen molar-refractivity contribution in [2.45, 2.75) is 32.1 Å².